The maximum atomic E-state index is 13.1. The summed E-state index contributed by atoms with van der Waals surface area (Å²) in [6.07, 6.45) is 0. The van der Waals surface area contributed by atoms with E-state index in [1.165, 1.54) is 18.7 Å². The first-order valence-corrected chi connectivity index (χ1v) is 7.02. The lowest BCUT2D eigenvalue weighted by atomic mass is 10.3. The first-order chi connectivity index (χ1) is 8.53. The van der Waals surface area contributed by atoms with E-state index in [1.54, 1.807) is 0 Å². The van der Waals surface area contributed by atoms with Crippen LogP contribution in [0.5, 0.6) is 5.75 Å². The van der Waals surface area contributed by atoms with Gasteiger partial charge in [-0.1, -0.05) is 11.3 Å². The highest BCUT2D eigenvalue weighted by Crippen LogP contribution is 2.26. The molecule has 1 aromatic carbocycles. The average molecular weight is 289 g/mol. The van der Waals surface area contributed by atoms with Crippen molar-refractivity contribution in [3.05, 3.63) is 29.5 Å². The Morgan fingerprint density at radius 2 is 2.22 bits per heavy atom. The normalized spacial score (nSPS) is 11.2. The van der Waals surface area contributed by atoms with E-state index in [-0.39, 0.29) is 15.8 Å². The van der Waals surface area contributed by atoms with Crippen molar-refractivity contribution in [3.63, 3.8) is 0 Å². The van der Waals surface area contributed by atoms with Crippen LogP contribution in [-0.4, -0.2) is 25.7 Å². The molecule has 6 nitrogen and oxygen atoms in total. The lowest BCUT2D eigenvalue weighted by molar-refractivity contribution is 0.401. The lowest BCUT2D eigenvalue weighted by Gasteiger charge is -2.09. The monoisotopic (exact) mass is 289 g/mol. The summed E-state index contributed by atoms with van der Waals surface area (Å²) in [7, 11) is -2.65. The molecule has 18 heavy (non-hydrogen) atoms. The van der Waals surface area contributed by atoms with Crippen molar-refractivity contribution >= 4 is 26.5 Å². The molecular weight excluding hydrogens is 281 g/mol. The van der Waals surface area contributed by atoms with Crippen LogP contribution in [0.25, 0.3) is 0 Å². The Morgan fingerprint density at radius 1 is 1.44 bits per heavy atom. The van der Waals surface area contributed by atoms with Crippen LogP contribution in [0, 0.1) is 5.82 Å². The van der Waals surface area contributed by atoms with Crippen LogP contribution < -0.4 is 9.46 Å². The lowest BCUT2D eigenvalue weighted by Crippen LogP contribution is -2.14. The molecule has 0 saturated carbocycles. The molecule has 0 bridgehead atoms. The van der Waals surface area contributed by atoms with Gasteiger partial charge in [-0.05, 0) is 18.2 Å². The summed E-state index contributed by atoms with van der Waals surface area (Å²) >= 11 is 1.02. The topological polar surface area (TPSA) is 81.2 Å². The molecule has 0 aliphatic heterocycles. The molecule has 2 aromatic rings. The van der Waals surface area contributed by atoms with Gasteiger partial charge in [0.05, 0.1) is 7.11 Å². The van der Waals surface area contributed by atoms with Gasteiger partial charge in [0.1, 0.15) is 22.0 Å². The minimum Gasteiger partial charge on any atom is -0.495 e. The predicted molar refractivity (Wildman–Crippen MR) is 63.7 cm³/mol. The van der Waals surface area contributed by atoms with Crippen LogP contribution >= 0.6 is 11.3 Å². The Bertz CT molecular complexity index is 643. The number of halogens is 1. The maximum Gasteiger partial charge on any atom is 0.267 e. The van der Waals surface area contributed by atoms with Gasteiger partial charge >= 0.3 is 0 Å². The minimum absolute atomic E-state index is 0.0495. The summed E-state index contributed by atoms with van der Waals surface area (Å²) in [5.41, 5.74) is 1.38. The smallest absolute Gasteiger partial charge is 0.267 e. The molecule has 0 fully saturated rings. The second-order valence-corrected chi connectivity index (χ2v) is 5.63. The van der Waals surface area contributed by atoms with Gasteiger partial charge in [-0.15, -0.1) is 10.2 Å². The van der Waals surface area contributed by atoms with Crippen molar-refractivity contribution in [2.24, 2.45) is 0 Å². The highest BCUT2D eigenvalue weighted by atomic mass is 32.2. The molecule has 1 N–H and O–H groups in total. The fraction of sp³-hybridized carbons (Fsp3) is 0.111. The van der Waals surface area contributed by atoms with Crippen molar-refractivity contribution in [2.75, 3.05) is 11.8 Å². The van der Waals surface area contributed by atoms with Gasteiger partial charge in [0.2, 0.25) is 5.13 Å². The highest BCUT2D eigenvalue weighted by Gasteiger charge is 2.21. The Morgan fingerprint density at radius 3 is 2.83 bits per heavy atom. The van der Waals surface area contributed by atoms with E-state index in [0.29, 0.717) is 0 Å². The number of aromatic nitrogens is 2. The third-order valence-electron chi connectivity index (χ3n) is 2.00. The van der Waals surface area contributed by atoms with Crippen LogP contribution in [0.3, 0.4) is 0 Å². The average Bonchev–Trinajstić information content (AvgIpc) is 2.81. The zero-order chi connectivity index (χ0) is 13.2. The van der Waals surface area contributed by atoms with E-state index in [9.17, 15) is 12.8 Å². The van der Waals surface area contributed by atoms with Crippen molar-refractivity contribution in [1.82, 2.24) is 10.2 Å². The molecule has 9 heteroatoms. The standard InChI is InChI=1S/C9H8FN3O3S2/c1-16-7-3-2-6(10)4-8(7)18(14,15)13-9-12-11-5-17-9/h2-5H,1H3,(H,12,13). The molecule has 0 spiro atoms. The highest BCUT2D eigenvalue weighted by molar-refractivity contribution is 7.93. The number of anilines is 1. The molecule has 1 aromatic heterocycles. The summed E-state index contributed by atoms with van der Waals surface area (Å²) in [6, 6.07) is 3.23. The predicted octanol–water partition coefficient (Wildman–Crippen LogP) is 1.49. The number of nitrogens with one attached hydrogen (secondary N) is 1. The van der Waals surface area contributed by atoms with Gasteiger partial charge in [-0.25, -0.2) is 12.8 Å². The van der Waals surface area contributed by atoms with E-state index in [0.717, 1.165) is 23.5 Å². The fourth-order valence-corrected chi connectivity index (χ4v) is 3.12. The van der Waals surface area contributed by atoms with E-state index < -0.39 is 15.8 Å². The van der Waals surface area contributed by atoms with E-state index in [2.05, 4.69) is 14.9 Å². The van der Waals surface area contributed by atoms with Gasteiger partial charge in [0.25, 0.3) is 10.0 Å². The van der Waals surface area contributed by atoms with Crippen LogP contribution in [-0.2, 0) is 10.0 Å². The molecular formula is C9H8FN3O3S2. The summed E-state index contributed by atoms with van der Waals surface area (Å²) in [5, 5.41) is 7.14. The molecule has 0 aliphatic carbocycles. The number of hydrogen-bond acceptors (Lipinski definition) is 6. The first kappa shape index (κ1) is 12.7. The zero-order valence-corrected chi connectivity index (χ0v) is 10.8. The van der Waals surface area contributed by atoms with Crippen LogP contribution in [0.2, 0.25) is 0 Å². The van der Waals surface area contributed by atoms with Crippen LogP contribution in [0.4, 0.5) is 9.52 Å². The quantitative estimate of drug-likeness (QED) is 0.922. The van der Waals surface area contributed by atoms with E-state index in [4.69, 9.17) is 4.74 Å². The van der Waals surface area contributed by atoms with Crippen molar-refractivity contribution in [3.8, 4) is 5.75 Å². The molecule has 2 rings (SSSR count). The largest absolute Gasteiger partial charge is 0.495 e. The number of benzene rings is 1. The van der Waals surface area contributed by atoms with Gasteiger partial charge in [0, 0.05) is 0 Å². The second-order valence-electron chi connectivity index (χ2n) is 3.14. The van der Waals surface area contributed by atoms with Gasteiger partial charge in [0.15, 0.2) is 0 Å². The minimum atomic E-state index is -3.96. The second kappa shape index (κ2) is 4.86. The molecule has 0 aliphatic rings. The Hall–Kier alpha value is -1.74. The zero-order valence-electron chi connectivity index (χ0n) is 9.12. The summed E-state index contributed by atoms with van der Waals surface area (Å²) < 4.78 is 44.2. The third-order valence-corrected chi connectivity index (χ3v) is 4.09. The number of nitrogens with zero attached hydrogens (tertiary/aromatic N) is 2. The molecule has 1 heterocycles. The fourth-order valence-electron chi connectivity index (χ4n) is 1.25. The third kappa shape index (κ3) is 2.57. The first-order valence-electron chi connectivity index (χ1n) is 4.65. The summed E-state index contributed by atoms with van der Waals surface area (Å²) in [6.45, 7) is 0. The van der Waals surface area contributed by atoms with Crippen LogP contribution in [0.15, 0.2) is 28.6 Å². The number of ether oxygens (including phenoxy) is 1. The van der Waals surface area contributed by atoms with Crippen molar-refractivity contribution in [2.45, 2.75) is 4.90 Å². The Balaban J connectivity index is 2.43. The van der Waals surface area contributed by atoms with Gasteiger partial charge < -0.3 is 4.74 Å². The van der Waals surface area contributed by atoms with Gasteiger partial charge in [-0.3, -0.25) is 4.72 Å². The Kier molecular flexibility index (Phi) is 3.43. The molecule has 0 atom stereocenters. The Labute approximate surface area is 106 Å². The van der Waals surface area contributed by atoms with Gasteiger partial charge in [-0.2, -0.15) is 0 Å². The summed E-state index contributed by atoms with van der Waals surface area (Å²) in [4.78, 5) is -0.291. The van der Waals surface area contributed by atoms with Crippen LogP contribution in [0.1, 0.15) is 0 Å². The number of hydrogen-bond donors (Lipinski definition) is 1. The molecule has 96 valence electrons. The number of sulfonamides is 1. The molecule has 0 radical (unpaired) electrons. The molecule has 0 saturated heterocycles. The molecule has 0 unspecified atom stereocenters. The van der Waals surface area contributed by atoms with E-state index >= 15 is 0 Å². The van der Waals surface area contributed by atoms with Crippen molar-refractivity contribution in [1.29, 1.82) is 0 Å². The number of rotatable bonds is 4. The maximum absolute atomic E-state index is 13.1. The SMILES string of the molecule is COc1ccc(F)cc1S(=O)(=O)Nc1nncs1. The van der Waals surface area contributed by atoms with E-state index in [1.807, 2.05) is 0 Å². The van der Waals surface area contributed by atoms with Crippen molar-refractivity contribution < 1.29 is 17.5 Å². The molecule has 0 amide bonds. The number of methoxy groups -OCH3 is 1. The summed E-state index contributed by atoms with van der Waals surface area (Å²) in [5.74, 6) is -0.623.